The molecule has 1 N–H and O–H groups in total. The van der Waals surface area contributed by atoms with Crippen LogP contribution in [0.1, 0.15) is 34.9 Å². The van der Waals surface area contributed by atoms with Crippen LogP contribution in [0.25, 0.3) is 27.4 Å². The van der Waals surface area contributed by atoms with Gasteiger partial charge >= 0.3 is 0 Å². The van der Waals surface area contributed by atoms with Gasteiger partial charge in [0, 0.05) is 5.02 Å². The van der Waals surface area contributed by atoms with Crippen molar-refractivity contribution in [1.82, 2.24) is 14.3 Å². The molecular formula is C34H26ClN3O3S2. The lowest BCUT2D eigenvalue weighted by atomic mass is 10.1. The number of benzene rings is 5. The summed E-state index contributed by atoms with van der Waals surface area (Å²) < 4.78 is 32.0. The number of thioether (sulfide) groups is 1. The second-order valence-electron chi connectivity index (χ2n) is 10.5. The lowest BCUT2D eigenvalue weighted by Gasteiger charge is -2.24. The van der Waals surface area contributed by atoms with Crippen LogP contribution in [-0.4, -0.2) is 18.0 Å². The van der Waals surface area contributed by atoms with E-state index in [4.69, 9.17) is 16.6 Å². The van der Waals surface area contributed by atoms with Gasteiger partial charge in [0.15, 0.2) is 5.16 Å². The lowest BCUT2D eigenvalue weighted by molar-refractivity contribution is 0.557. The third-order valence-electron chi connectivity index (χ3n) is 7.90. The molecule has 0 saturated carbocycles. The molecule has 0 radical (unpaired) electrons. The Labute approximate surface area is 258 Å². The standard InChI is InChI=1S/C34H26ClN3O3S2/c1-2-21-13-17-24(18-14-21)38-33(39)26-9-3-4-12-29(26)36-34(38)42-32-28-11-6-8-22-7-5-10-27(30(22)28)31(32)37-43(40,41)25-19-15-23(35)16-20-25/h3-20,31-32,37H,2H2,1H3/t31-,32+/m1/s1. The predicted molar refractivity (Wildman–Crippen MR) is 174 cm³/mol. The largest absolute Gasteiger partial charge is 0.268 e. The van der Waals surface area contributed by atoms with E-state index in [0.717, 1.165) is 33.9 Å². The van der Waals surface area contributed by atoms with Crippen molar-refractivity contribution in [1.29, 1.82) is 0 Å². The van der Waals surface area contributed by atoms with E-state index in [0.29, 0.717) is 26.8 Å². The SMILES string of the molecule is CCc1ccc(-n2c(S[C@H]3c4cccc5cccc(c45)[C@H]3NS(=O)(=O)c3ccc(Cl)cc3)nc3ccccc3c2=O)cc1. The fourth-order valence-electron chi connectivity index (χ4n) is 5.76. The summed E-state index contributed by atoms with van der Waals surface area (Å²) in [6.45, 7) is 2.09. The summed E-state index contributed by atoms with van der Waals surface area (Å²) in [5.74, 6) is 0. The first-order valence-corrected chi connectivity index (χ1v) is 16.7. The monoisotopic (exact) mass is 623 g/mol. The van der Waals surface area contributed by atoms with Crippen LogP contribution in [0.2, 0.25) is 5.02 Å². The van der Waals surface area contributed by atoms with Crippen LogP contribution in [0, 0.1) is 0 Å². The van der Waals surface area contributed by atoms with Crippen molar-refractivity contribution in [2.24, 2.45) is 0 Å². The van der Waals surface area contributed by atoms with Crippen LogP contribution < -0.4 is 10.3 Å². The van der Waals surface area contributed by atoms with E-state index in [1.54, 1.807) is 22.8 Å². The van der Waals surface area contributed by atoms with Crippen molar-refractivity contribution in [3.63, 3.8) is 0 Å². The zero-order valence-electron chi connectivity index (χ0n) is 23.1. The Balaban J connectivity index is 1.40. The maximum absolute atomic E-state index is 14.0. The van der Waals surface area contributed by atoms with Crippen molar-refractivity contribution in [3.05, 3.63) is 141 Å². The molecule has 1 aliphatic rings. The molecule has 7 rings (SSSR count). The zero-order valence-corrected chi connectivity index (χ0v) is 25.5. The average molecular weight is 624 g/mol. The summed E-state index contributed by atoms with van der Waals surface area (Å²) in [7, 11) is -3.92. The Morgan fingerprint density at radius 1 is 0.860 bits per heavy atom. The highest BCUT2D eigenvalue weighted by molar-refractivity contribution is 7.99. The summed E-state index contributed by atoms with van der Waals surface area (Å²) in [6, 6.07) is 32.7. The highest BCUT2D eigenvalue weighted by atomic mass is 35.5. The fourth-order valence-corrected chi connectivity index (χ4v) is 8.54. The molecule has 1 aromatic heterocycles. The summed E-state index contributed by atoms with van der Waals surface area (Å²) in [6.07, 6.45) is 0.881. The van der Waals surface area contributed by atoms with Gasteiger partial charge in [-0.15, -0.1) is 0 Å². The van der Waals surface area contributed by atoms with E-state index in [-0.39, 0.29) is 10.5 Å². The Morgan fingerprint density at radius 2 is 1.56 bits per heavy atom. The number of rotatable bonds is 7. The molecule has 43 heavy (non-hydrogen) atoms. The summed E-state index contributed by atoms with van der Waals surface area (Å²) in [5, 5.41) is 3.08. The number of halogens is 1. The Hall–Kier alpha value is -3.95. The molecule has 0 unspecified atom stereocenters. The van der Waals surface area contributed by atoms with E-state index in [1.807, 2.05) is 78.9 Å². The van der Waals surface area contributed by atoms with Gasteiger partial charge in [-0.3, -0.25) is 9.36 Å². The van der Waals surface area contributed by atoms with Gasteiger partial charge in [-0.05, 0) is 82.4 Å². The van der Waals surface area contributed by atoms with Crippen LogP contribution >= 0.6 is 23.4 Å². The molecule has 6 nitrogen and oxygen atoms in total. The quantitative estimate of drug-likeness (QED) is 0.185. The second kappa shape index (κ2) is 11.0. The highest BCUT2D eigenvalue weighted by Crippen LogP contribution is 2.53. The third kappa shape index (κ3) is 4.94. The minimum atomic E-state index is -3.92. The normalized spacial score (nSPS) is 16.2. The van der Waals surface area contributed by atoms with Crippen molar-refractivity contribution < 1.29 is 8.42 Å². The summed E-state index contributed by atoms with van der Waals surface area (Å²) in [4.78, 5) is 19.1. The van der Waals surface area contributed by atoms with Crippen LogP contribution in [0.3, 0.4) is 0 Å². The highest BCUT2D eigenvalue weighted by Gasteiger charge is 2.39. The summed E-state index contributed by atoms with van der Waals surface area (Å²) in [5.41, 5.74) is 4.14. The van der Waals surface area contributed by atoms with Gasteiger partial charge in [-0.2, -0.15) is 0 Å². The van der Waals surface area contributed by atoms with Crippen LogP contribution in [-0.2, 0) is 16.4 Å². The molecule has 0 spiro atoms. The third-order valence-corrected chi connectivity index (χ3v) is 10.9. The van der Waals surface area contributed by atoms with Gasteiger partial charge in [0.1, 0.15) is 0 Å². The van der Waals surface area contributed by atoms with Gasteiger partial charge in [0.25, 0.3) is 5.56 Å². The fraction of sp³-hybridized carbons (Fsp3) is 0.118. The number of hydrogen-bond acceptors (Lipinski definition) is 5. The predicted octanol–water partition coefficient (Wildman–Crippen LogP) is 7.62. The molecule has 0 aliphatic heterocycles. The van der Waals surface area contributed by atoms with E-state index in [2.05, 4.69) is 11.6 Å². The number of para-hydroxylation sites is 1. The zero-order chi connectivity index (χ0) is 29.7. The number of nitrogens with one attached hydrogen (secondary N) is 1. The van der Waals surface area contributed by atoms with Gasteiger partial charge in [-0.25, -0.2) is 18.1 Å². The maximum atomic E-state index is 14.0. The van der Waals surface area contributed by atoms with Crippen LogP contribution in [0.5, 0.6) is 0 Å². The minimum absolute atomic E-state index is 0.125. The lowest BCUT2D eigenvalue weighted by Crippen LogP contribution is -2.30. The van der Waals surface area contributed by atoms with Gasteiger partial charge in [0.05, 0.1) is 32.8 Å². The van der Waals surface area contributed by atoms with E-state index >= 15 is 0 Å². The van der Waals surface area contributed by atoms with Crippen molar-refractivity contribution in [2.45, 2.75) is 34.7 Å². The number of nitrogens with zero attached hydrogens (tertiary/aromatic N) is 2. The average Bonchev–Trinajstić information content (AvgIpc) is 3.30. The molecule has 0 saturated heterocycles. The number of aryl methyl sites for hydroxylation is 1. The van der Waals surface area contributed by atoms with E-state index < -0.39 is 21.3 Å². The van der Waals surface area contributed by atoms with Gasteiger partial charge in [-0.1, -0.05) is 91.0 Å². The number of fused-ring (bicyclic) bond motifs is 1. The molecule has 0 amide bonds. The molecule has 214 valence electrons. The molecule has 9 heteroatoms. The Kier molecular flexibility index (Phi) is 7.10. The summed E-state index contributed by atoms with van der Waals surface area (Å²) >= 11 is 7.43. The molecule has 5 aromatic carbocycles. The molecule has 6 aromatic rings. The molecule has 0 bridgehead atoms. The van der Waals surface area contributed by atoms with Crippen LogP contribution in [0.4, 0.5) is 0 Å². The van der Waals surface area contributed by atoms with Crippen molar-refractivity contribution in [2.75, 3.05) is 0 Å². The Bertz CT molecular complexity index is 2180. The van der Waals surface area contributed by atoms with Crippen LogP contribution in [0.15, 0.2) is 124 Å². The van der Waals surface area contributed by atoms with Gasteiger partial charge in [0.2, 0.25) is 10.0 Å². The molecular weight excluding hydrogens is 598 g/mol. The van der Waals surface area contributed by atoms with Gasteiger partial charge < -0.3 is 0 Å². The second-order valence-corrected chi connectivity index (χ2v) is 13.7. The number of aromatic nitrogens is 2. The first-order chi connectivity index (χ1) is 20.8. The van der Waals surface area contributed by atoms with E-state index in [1.165, 1.54) is 23.9 Å². The number of hydrogen-bond donors (Lipinski definition) is 1. The minimum Gasteiger partial charge on any atom is -0.268 e. The maximum Gasteiger partial charge on any atom is 0.266 e. The first kappa shape index (κ1) is 27.9. The topological polar surface area (TPSA) is 81.1 Å². The molecule has 1 heterocycles. The Morgan fingerprint density at radius 3 is 2.28 bits per heavy atom. The molecule has 0 fully saturated rings. The molecule has 1 aliphatic carbocycles. The first-order valence-electron chi connectivity index (χ1n) is 13.9. The molecule has 2 atom stereocenters. The van der Waals surface area contributed by atoms with Crippen molar-refractivity contribution >= 4 is 55.1 Å². The smallest absolute Gasteiger partial charge is 0.266 e. The van der Waals surface area contributed by atoms with Crippen molar-refractivity contribution in [3.8, 4) is 5.69 Å². The van der Waals surface area contributed by atoms with E-state index in [9.17, 15) is 13.2 Å². The number of sulfonamides is 1.